The molecule has 0 radical (unpaired) electrons. The molecule has 142 valence electrons. The van der Waals surface area contributed by atoms with Crippen LogP contribution in [0, 0.1) is 5.92 Å². The standard InChI is InChI=1S/C19H30ClN3O.ClH/c1-15(17-4-6-18(20)7-5-17)22(3)19(24)14-23-12-9-16(10-13-23)8-11-21-2;/h4-7,15-16,21H,8-14H2,1-3H3;1H. The number of nitrogens with one attached hydrogen (secondary N) is 1. The highest BCUT2D eigenvalue weighted by Crippen LogP contribution is 2.23. The van der Waals surface area contributed by atoms with Crippen LogP contribution in [-0.2, 0) is 4.79 Å². The number of likely N-dealkylation sites (tertiary alicyclic amines) is 1. The normalized spacial score (nSPS) is 17.0. The lowest BCUT2D eigenvalue weighted by Crippen LogP contribution is -2.43. The lowest BCUT2D eigenvalue weighted by Gasteiger charge is -2.33. The molecule has 2 rings (SSSR count). The van der Waals surface area contributed by atoms with Crippen molar-refractivity contribution < 1.29 is 4.79 Å². The molecule has 1 saturated heterocycles. The second-order valence-electron chi connectivity index (χ2n) is 6.84. The number of nitrogens with zero attached hydrogens (tertiary/aromatic N) is 2. The maximum atomic E-state index is 12.6. The predicted molar refractivity (Wildman–Crippen MR) is 108 cm³/mol. The Balaban J connectivity index is 0.00000312. The predicted octanol–water partition coefficient (Wildman–Crippen LogP) is 3.60. The number of carbonyl (C=O) groups is 1. The Morgan fingerprint density at radius 3 is 2.48 bits per heavy atom. The lowest BCUT2D eigenvalue weighted by atomic mass is 9.93. The van der Waals surface area contributed by atoms with E-state index in [-0.39, 0.29) is 24.4 Å². The van der Waals surface area contributed by atoms with Crippen LogP contribution in [0.4, 0.5) is 0 Å². The first-order valence-electron chi connectivity index (χ1n) is 8.89. The largest absolute Gasteiger partial charge is 0.338 e. The van der Waals surface area contributed by atoms with Crippen LogP contribution in [0.5, 0.6) is 0 Å². The zero-order chi connectivity index (χ0) is 17.5. The van der Waals surface area contributed by atoms with Gasteiger partial charge in [-0.15, -0.1) is 12.4 Å². The van der Waals surface area contributed by atoms with Gasteiger partial charge in [-0.1, -0.05) is 23.7 Å². The smallest absolute Gasteiger partial charge is 0.236 e. The van der Waals surface area contributed by atoms with E-state index in [2.05, 4.69) is 17.1 Å². The topological polar surface area (TPSA) is 35.6 Å². The summed E-state index contributed by atoms with van der Waals surface area (Å²) in [5.41, 5.74) is 1.11. The molecule has 0 spiro atoms. The Morgan fingerprint density at radius 1 is 1.32 bits per heavy atom. The second kappa shape index (κ2) is 11.0. The van der Waals surface area contributed by atoms with Gasteiger partial charge in [0.05, 0.1) is 12.6 Å². The maximum Gasteiger partial charge on any atom is 0.236 e. The van der Waals surface area contributed by atoms with Crippen molar-refractivity contribution in [3.63, 3.8) is 0 Å². The fourth-order valence-electron chi connectivity index (χ4n) is 3.27. The van der Waals surface area contributed by atoms with Gasteiger partial charge in [0, 0.05) is 12.1 Å². The number of hydrogen-bond acceptors (Lipinski definition) is 3. The average molecular weight is 388 g/mol. The van der Waals surface area contributed by atoms with Gasteiger partial charge >= 0.3 is 0 Å². The minimum absolute atomic E-state index is 0. The number of rotatable bonds is 7. The Labute approximate surface area is 163 Å². The summed E-state index contributed by atoms with van der Waals surface area (Å²) in [6.45, 7) is 5.73. The number of carbonyl (C=O) groups excluding carboxylic acids is 1. The van der Waals surface area contributed by atoms with Crippen molar-refractivity contribution in [3.05, 3.63) is 34.9 Å². The van der Waals surface area contributed by atoms with E-state index in [1.54, 1.807) is 0 Å². The number of amides is 1. The molecule has 0 aromatic heterocycles. The van der Waals surface area contributed by atoms with Crippen LogP contribution in [0.25, 0.3) is 0 Å². The van der Waals surface area contributed by atoms with Gasteiger partial charge in [-0.3, -0.25) is 9.69 Å². The van der Waals surface area contributed by atoms with Crippen molar-refractivity contribution in [2.24, 2.45) is 5.92 Å². The van der Waals surface area contributed by atoms with E-state index in [4.69, 9.17) is 11.6 Å². The summed E-state index contributed by atoms with van der Waals surface area (Å²) in [5, 5.41) is 3.95. The van der Waals surface area contributed by atoms with Gasteiger partial charge in [0.25, 0.3) is 0 Å². The lowest BCUT2D eigenvalue weighted by molar-refractivity contribution is -0.133. The third-order valence-corrected chi connectivity index (χ3v) is 5.45. The van der Waals surface area contributed by atoms with E-state index in [0.717, 1.165) is 36.1 Å². The molecule has 1 aliphatic rings. The molecule has 1 fully saturated rings. The molecule has 0 aliphatic carbocycles. The van der Waals surface area contributed by atoms with Crippen molar-refractivity contribution in [1.29, 1.82) is 0 Å². The monoisotopic (exact) mass is 387 g/mol. The van der Waals surface area contributed by atoms with Crippen LogP contribution in [0.1, 0.15) is 37.8 Å². The molecular weight excluding hydrogens is 357 g/mol. The first-order chi connectivity index (χ1) is 11.5. The SMILES string of the molecule is CNCCC1CCN(CC(=O)N(C)C(C)c2ccc(Cl)cc2)CC1.Cl. The quantitative estimate of drug-likeness (QED) is 0.775. The molecule has 1 amide bonds. The van der Waals surface area contributed by atoms with Crippen LogP contribution in [-0.4, -0.2) is 56.0 Å². The Hall–Kier alpha value is -0.810. The van der Waals surface area contributed by atoms with E-state index in [0.29, 0.717) is 6.54 Å². The molecule has 1 unspecified atom stereocenters. The summed E-state index contributed by atoms with van der Waals surface area (Å²) < 4.78 is 0. The summed E-state index contributed by atoms with van der Waals surface area (Å²) in [6.07, 6.45) is 3.64. The van der Waals surface area contributed by atoms with E-state index in [1.165, 1.54) is 19.3 Å². The Morgan fingerprint density at radius 2 is 1.92 bits per heavy atom. The number of halogens is 2. The molecule has 1 atom stereocenters. The molecule has 4 nitrogen and oxygen atoms in total. The number of likely N-dealkylation sites (N-methyl/N-ethyl adjacent to an activating group) is 1. The average Bonchev–Trinajstić information content (AvgIpc) is 2.60. The van der Waals surface area contributed by atoms with E-state index < -0.39 is 0 Å². The highest BCUT2D eigenvalue weighted by molar-refractivity contribution is 6.30. The van der Waals surface area contributed by atoms with Gasteiger partial charge in [-0.05, 0) is 76.5 Å². The van der Waals surface area contributed by atoms with Crippen LogP contribution < -0.4 is 5.32 Å². The van der Waals surface area contributed by atoms with Crippen molar-refractivity contribution in [2.45, 2.75) is 32.2 Å². The minimum Gasteiger partial charge on any atom is -0.338 e. The number of benzene rings is 1. The van der Waals surface area contributed by atoms with Gasteiger partial charge in [0.1, 0.15) is 0 Å². The molecule has 1 N–H and O–H groups in total. The Bertz CT molecular complexity index is 516. The first-order valence-corrected chi connectivity index (χ1v) is 9.27. The summed E-state index contributed by atoms with van der Waals surface area (Å²) in [7, 11) is 3.90. The van der Waals surface area contributed by atoms with Gasteiger partial charge < -0.3 is 10.2 Å². The second-order valence-corrected chi connectivity index (χ2v) is 7.28. The summed E-state index contributed by atoms with van der Waals surface area (Å²) in [5.74, 6) is 0.987. The summed E-state index contributed by atoms with van der Waals surface area (Å²) >= 11 is 5.94. The highest BCUT2D eigenvalue weighted by atomic mass is 35.5. The van der Waals surface area contributed by atoms with Crippen molar-refractivity contribution in [3.8, 4) is 0 Å². The van der Waals surface area contributed by atoms with Crippen LogP contribution in [0.3, 0.4) is 0 Å². The van der Waals surface area contributed by atoms with Crippen molar-refractivity contribution in [2.75, 3.05) is 40.3 Å². The maximum absolute atomic E-state index is 12.6. The van der Waals surface area contributed by atoms with Gasteiger partial charge in [-0.25, -0.2) is 0 Å². The number of piperidine rings is 1. The highest BCUT2D eigenvalue weighted by Gasteiger charge is 2.23. The summed E-state index contributed by atoms with van der Waals surface area (Å²) in [6, 6.07) is 7.79. The zero-order valence-corrected chi connectivity index (χ0v) is 17.1. The van der Waals surface area contributed by atoms with Gasteiger partial charge in [0.2, 0.25) is 5.91 Å². The minimum atomic E-state index is 0. The van der Waals surface area contributed by atoms with Crippen molar-refractivity contribution >= 4 is 29.9 Å². The zero-order valence-electron chi connectivity index (χ0n) is 15.5. The van der Waals surface area contributed by atoms with Crippen LogP contribution >= 0.6 is 24.0 Å². The third kappa shape index (κ3) is 6.78. The van der Waals surface area contributed by atoms with E-state index in [9.17, 15) is 4.79 Å². The molecule has 0 saturated carbocycles. The molecular formula is C19H31Cl2N3O. The third-order valence-electron chi connectivity index (χ3n) is 5.20. The molecule has 1 aromatic rings. The van der Waals surface area contributed by atoms with E-state index >= 15 is 0 Å². The Kier molecular flexibility index (Phi) is 9.80. The van der Waals surface area contributed by atoms with Gasteiger partial charge in [-0.2, -0.15) is 0 Å². The fraction of sp³-hybridized carbons (Fsp3) is 0.632. The molecule has 1 heterocycles. The molecule has 1 aromatic carbocycles. The molecule has 25 heavy (non-hydrogen) atoms. The first kappa shape index (κ1) is 22.2. The number of hydrogen-bond donors (Lipinski definition) is 1. The molecule has 1 aliphatic heterocycles. The molecule has 0 bridgehead atoms. The van der Waals surface area contributed by atoms with Crippen molar-refractivity contribution in [1.82, 2.24) is 15.1 Å². The fourth-order valence-corrected chi connectivity index (χ4v) is 3.39. The van der Waals surface area contributed by atoms with Crippen LogP contribution in [0.15, 0.2) is 24.3 Å². The van der Waals surface area contributed by atoms with Gasteiger partial charge in [0.15, 0.2) is 0 Å². The van der Waals surface area contributed by atoms with Crippen LogP contribution in [0.2, 0.25) is 5.02 Å². The summed E-state index contributed by atoms with van der Waals surface area (Å²) in [4.78, 5) is 16.7. The van der Waals surface area contributed by atoms with E-state index in [1.807, 2.05) is 43.3 Å². The molecule has 6 heteroatoms.